The number of ether oxygens (including phenoxy) is 1. The van der Waals surface area contributed by atoms with Crippen LogP contribution in [0.3, 0.4) is 0 Å². The van der Waals surface area contributed by atoms with Gasteiger partial charge in [-0.3, -0.25) is 4.79 Å². The molecule has 1 heterocycles. The number of halogens is 3. The van der Waals surface area contributed by atoms with Gasteiger partial charge in [0.15, 0.2) is 0 Å². The molecule has 1 fully saturated rings. The van der Waals surface area contributed by atoms with Crippen molar-refractivity contribution in [1.29, 1.82) is 0 Å². The number of piperazine rings is 1. The molecule has 1 aromatic carbocycles. The van der Waals surface area contributed by atoms with Crippen molar-refractivity contribution in [3.63, 3.8) is 0 Å². The van der Waals surface area contributed by atoms with Gasteiger partial charge in [-0.2, -0.15) is 13.2 Å². The average Bonchev–Trinajstić information content (AvgIpc) is 2.58. The standard InChI is InChI=1S/C19H22F3N2O3/c1-18(2,3)27-17(26)24-11-9-23(10-12-24)16(25)8-7-14-5-4-6-15(13-14)19(20,21)22/h4-5,7-8,13H,9-12H2,1-3H3/b8-7+. The van der Waals surface area contributed by atoms with E-state index >= 15 is 0 Å². The Kier molecular flexibility index (Phi) is 6.18. The molecule has 1 saturated heterocycles. The molecule has 1 aromatic rings. The summed E-state index contributed by atoms with van der Waals surface area (Å²) >= 11 is 0. The van der Waals surface area contributed by atoms with Crippen molar-refractivity contribution in [2.24, 2.45) is 0 Å². The Morgan fingerprint density at radius 2 is 1.70 bits per heavy atom. The average molecular weight is 383 g/mol. The molecular formula is C19H22F3N2O3. The van der Waals surface area contributed by atoms with E-state index < -0.39 is 23.4 Å². The van der Waals surface area contributed by atoms with E-state index in [-0.39, 0.29) is 11.5 Å². The highest BCUT2D eigenvalue weighted by molar-refractivity contribution is 5.92. The van der Waals surface area contributed by atoms with Crippen LogP contribution in [0.5, 0.6) is 0 Å². The first kappa shape index (κ1) is 20.8. The van der Waals surface area contributed by atoms with E-state index in [4.69, 9.17) is 4.74 Å². The Hall–Kier alpha value is -2.51. The predicted octanol–water partition coefficient (Wildman–Crippen LogP) is 3.60. The summed E-state index contributed by atoms with van der Waals surface area (Å²) in [5, 5.41) is 0. The highest BCUT2D eigenvalue weighted by Gasteiger charge is 2.30. The van der Waals surface area contributed by atoms with Gasteiger partial charge in [-0.25, -0.2) is 4.79 Å². The lowest BCUT2D eigenvalue weighted by molar-refractivity contribution is -0.137. The third-order valence-corrected chi connectivity index (χ3v) is 3.79. The summed E-state index contributed by atoms with van der Waals surface area (Å²) in [4.78, 5) is 27.3. The summed E-state index contributed by atoms with van der Waals surface area (Å²) in [5.41, 5.74) is -1.21. The number of hydrogen-bond acceptors (Lipinski definition) is 3. The fourth-order valence-corrected chi connectivity index (χ4v) is 2.46. The van der Waals surface area contributed by atoms with E-state index in [0.717, 1.165) is 6.07 Å². The Labute approximate surface area is 156 Å². The molecule has 147 valence electrons. The number of carbonyl (C=O) groups excluding carboxylic acids is 2. The van der Waals surface area contributed by atoms with Crippen molar-refractivity contribution >= 4 is 18.1 Å². The van der Waals surface area contributed by atoms with Crippen LogP contribution in [-0.4, -0.2) is 53.6 Å². The highest BCUT2D eigenvalue weighted by Crippen LogP contribution is 2.29. The lowest BCUT2D eigenvalue weighted by Gasteiger charge is -2.35. The van der Waals surface area contributed by atoms with Gasteiger partial charge in [0, 0.05) is 32.3 Å². The molecule has 0 aromatic heterocycles. The van der Waals surface area contributed by atoms with E-state index in [1.165, 1.54) is 34.1 Å². The van der Waals surface area contributed by atoms with Gasteiger partial charge in [-0.1, -0.05) is 12.1 Å². The van der Waals surface area contributed by atoms with Crippen LogP contribution < -0.4 is 0 Å². The van der Waals surface area contributed by atoms with Gasteiger partial charge in [0.25, 0.3) is 0 Å². The fourth-order valence-electron chi connectivity index (χ4n) is 2.46. The van der Waals surface area contributed by atoms with Gasteiger partial charge in [0.2, 0.25) is 5.91 Å². The number of alkyl halides is 3. The molecule has 0 spiro atoms. The number of rotatable bonds is 2. The van der Waals surface area contributed by atoms with Crippen LogP contribution in [0.15, 0.2) is 24.3 Å². The van der Waals surface area contributed by atoms with Gasteiger partial charge < -0.3 is 14.5 Å². The van der Waals surface area contributed by atoms with Crippen LogP contribution in [-0.2, 0) is 15.7 Å². The quantitative estimate of drug-likeness (QED) is 0.734. The molecule has 0 atom stereocenters. The summed E-state index contributed by atoms with van der Waals surface area (Å²) < 4.78 is 43.4. The number of hydrogen-bond donors (Lipinski definition) is 0. The third-order valence-electron chi connectivity index (χ3n) is 3.79. The molecule has 0 aliphatic carbocycles. The van der Waals surface area contributed by atoms with Gasteiger partial charge >= 0.3 is 12.3 Å². The summed E-state index contributed by atoms with van der Waals surface area (Å²) in [6.07, 6.45) is -2.33. The molecule has 2 amide bonds. The minimum absolute atomic E-state index is 0.266. The molecule has 8 heteroatoms. The first-order valence-corrected chi connectivity index (χ1v) is 8.49. The highest BCUT2D eigenvalue weighted by atomic mass is 19.4. The van der Waals surface area contributed by atoms with E-state index in [1.807, 2.05) is 0 Å². The Morgan fingerprint density at radius 1 is 1.11 bits per heavy atom. The molecule has 1 aliphatic rings. The van der Waals surface area contributed by atoms with Crippen LogP contribution in [0.2, 0.25) is 0 Å². The maximum Gasteiger partial charge on any atom is 0.417 e. The summed E-state index contributed by atoms with van der Waals surface area (Å²) in [7, 11) is 0. The van der Waals surface area contributed by atoms with Gasteiger partial charge in [0.05, 0.1) is 5.56 Å². The molecule has 1 radical (unpaired) electrons. The maximum atomic E-state index is 12.7. The first-order valence-electron chi connectivity index (χ1n) is 8.49. The minimum Gasteiger partial charge on any atom is -0.444 e. The Bertz CT molecular complexity index is 716. The molecule has 2 rings (SSSR count). The molecule has 0 unspecified atom stereocenters. The molecule has 0 saturated carbocycles. The molecule has 27 heavy (non-hydrogen) atoms. The second-order valence-electron chi connectivity index (χ2n) is 7.16. The van der Waals surface area contributed by atoms with Crippen LogP contribution in [0.25, 0.3) is 6.08 Å². The second kappa shape index (κ2) is 8.02. The monoisotopic (exact) mass is 383 g/mol. The number of carbonyl (C=O) groups is 2. The third kappa shape index (κ3) is 6.30. The van der Waals surface area contributed by atoms with Crippen LogP contribution in [0.1, 0.15) is 31.9 Å². The van der Waals surface area contributed by atoms with E-state index in [9.17, 15) is 22.8 Å². The molecular weight excluding hydrogens is 361 g/mol. The van der Waals surface area contributed by atoms with Gasteiger partial charge in [-0.05, 0) is 44.5 Å². The lowest BCUT2D eigenvalue weighted by Crippen LogP contribution is -2.51. The smallest absolute Gasteiger partial charge is 0.417 e. The maximum absolute atomic E-state index is 12.7. The fraction of sp³-hybridized carbons (Fsp3) is 0.474. The van der Waals surface area contributed by atoms with Crippen molar-refractivity contribution in [2.75, 3.05) is 26.2 Å². The van der Waals surface area contributed by atoms with Crippen molar-refractivity contribution in [1.82, 2.24) is 9.80 Å². The van der Waals surface area contributed by atoms with Crippen molar-refractivity contribution in [3.8, 4) is 0 Å². The number of amides is 2. The second-order valence-corrected chi connectivity index (χ2v) is 7.16. The zero-order valence-electron chi connectivity index (χ0n) is 15.5. The molecule has 1 aliphatic heterocycles. The van der Waals surface area contributed by atoms with E-state index in [0.29, 0.717) is 26.2 Å². The minimum atomic E-state index is -4.48. The summed E-state index contributed by atoms with van der Waals surface area (Å²) in [5.74, 6) is -0.319. The lowest BCUT2D eigenvalue weighted by atomic mass is 10.1. The zero-order chi connectivity index (χ0) is 20.2. The summed E-state index contributed by atoms with van der Waals surface area (Å²) in [6, 6.07) is 5.68. The van der Waals surface area contributed by atoms with Gasteiger partial charge in [0.1, 0.15) is 5.60 Å². The SMILES string of the molecule is CC(C)(C)OC(=O)N1CCN(C(=O)/C=C/c2cc[c]c(C(F)(F)F)c2)CC1. The topological polar surface area (TPSA) is 49.9 Å². The predicted molar refractivity (Wildman–Crippen MR) is 93.7 cm³/mol. The molecule has 5 nitrogen and oxygen atoms in total. The normalized spacial score (nSPS) is 15.9. The van der Waals surface area contributed by atoms with Crippen molar-refractivity contribution < 1.29 is 27.5 Å². The van der Waals surface area contributed by atoms with Crippen molar-refractivity contribution in [3.05, 3.63) is 41.5 Å². The largest absolute Gasteiger partial charge is 0.444 e. The number of nitrogens with zero attached hydrogens (tertiary/aromatic N) is 2. The van der Waals surface area contributed by atoms with Crippen LogP contribution in [0, 0.1) is 6.07 Å². The Morgan fingerprint density at radius 3 is 2.26 bits per heavy atom. The Balaban J connectivity index is 1.91. The zero-order valence-corrected chi connectivity index (χ0v) is 15.5. The van der Waals surface area contributed by atoms with Crippen LogP contribution in [0.4, 0.5) is 18.0 Å². The molecule has 0 N–H and O–H groups in total. The molecule has 0 bridgehead atoms. The summed E-state index contributed by atoms with van der Waals surface area (Å²) in [6.45, 7) is 6.68. The first-order chi connectivity index (χ1) is 12.5. The number of benzene rings is 1. The van der Waals surface area contributed by atoms with Crippen LogP contribution >= 0.6 is 0 Å². The van der Waals surface area contributed by atoms with E-state index in [2.05, 4.69) is 6.07 Å². The van der Waals surface area contributed by atoms with E-state index in [1.54, 1.807) is 20.8 Å². The van der Waals surface area contributed by atoms with Gasteiger partial charge in [-0.15, -0.1) is 0 Å². The van der Waals surface area contributed by atoms with Crippen molar-refractivity contribution in [2.45, 2.75) is 32.5 Å².